The average Bonchev–Trinajstić information content (AvgIpc) is 3.68. The van der Waals surface area contributed by atoms with E-state index in [4.69, 9.17) is 9.97 Å². The molecule has 0 unspecified atom stereocenters. The van der Waals surface area contributed by atoms with Crippen LogP contribution in [0.25, 0.3) is 56.1 Å². The first-order valence-corrected chi connectivity index (χ1v) is 16.7. The molecule has 0 amide bonds. The number of H-pyrrole nitrogens is 2. The van der Waals surface area contributed by atoms with Gasteiger partial charge in [0.25, 0.3) is 0 Å². The van der Waals surface area contributed by atoms with Gasteiger partial charge < -0.3 is 10.3 Å². The van der Waals surface area contributed by atoms with Crippen LogP contribution >= 0.6 is 0 Å². The number of halogens is 1. The standard InChI is InChI=1S/C34H29FN8O2S/c1-46(44,45)12-10-22-13-24(16-26(35)15-22)30-31-28(9-11-38-30)40-34(41-31)33-32-29(42-43-33)8-7-27(39-32)25-14-23(19-37-20-25)18-36-17-21-5-3-2-4-6-21/h2-9,11,13-16,19-20,36H,10,12,17-18H2,1H3,(H,40,41)(H,42,43). The number of nitrogens with one attached hydrogen (secondary N) is 3. The Hall–Kier alpha value is -5.33. The van der Waals surface area contributed by atoms with Crippen LogP contribution in [0, 0.1) is 5.82 Å². The third-order valence-electron chi connectivity index (χ3n) is 7.62. The zero-order valence-electron chi connectivity index (χ0n) is 24.8. The molecule has 0 aliphatic rings. The maximum atomic E-state index is 14.6. The average molecular weight is 633 g/mol. The molecule has 0 aliphatic carbocycles. The molecule has 3 N–H and O–H groups in total. The number of fused-ring (bicyclic) bond motifs is 2. The molecule has 10 nitrogen and oxygen atoms in total. The summed E-state index contributed by atoms with van der Waals surface area (Å²) in [5.74, 6) is -0.0748. The van der Waals surface area contributed by atoms with E-state index < -0.39 is 15.7 Å². The molecule has 230 valence electrons. The van der Waals surface area contributed by atoms with Crippen LogP contribution in [-0.4, -0.2) is 55.5 Å². The van der Waals surface area contributed by atoms with Crippen LogP contribution in [0.1, 0.15) is 16.7 Å². The predicted molar refractivity (Wildman–Crippen MR) is 176 cm³/mol. The number of hydrogen-bond donors (Lipinski definition) is 3. The second kappa shape index (κ2) is 12.2. The Morgan fingerprint density at radius 2 is 1.61 bits per heavy atom. The van der Waals surface area contributed by atoms with E-state index in [1.807, 2.05) is 36.5 Å². The molecule has 0 saturated carbocycles. The van der Waals surface area contributed by atoms with Crippen LogP contribution in [0.4, 0.5) is 4.39 Å². The number of benzene rings is 2. The number of pyridine rings is 3. The summed E-state index contributed by atoms with van der Waals surface area (Å²) in [5.41, 5.74) is 8.53. The summed E-state index contributed by atoms with van der Waals surface area (Å²) in [5, 5.41) is 11.0. The number of aromatic nitrogens is 7. The Kier molecular flexibility index (Phi) is 7.81. The lowest BCUT2D eigenvalue weighted by molar-refractivity contribution is 0.600. The molecule has 46 heavy (non-hydrogen) atoms. The van der Waals surface area contributed by atoms with Gasteiger partial charge in [-0.15, -0.1) is 0 Å². The fraction of sp³-hybridized carbons (Fsp3) is 0.147. The normalized spacial score (nSPS) is 11.9. The SMILES string of the molecule is CS(=O)(=O)CCc1cc(F)cc(-c2nccc3[nH]c(-c4n[nH]c5ccc(-c6cncc(CNCc7ccccc7)c6)nc45)nc23)c1. The van der Waals surface area contributed by atoms with Crippen molar-refractivity contribution >= 4 is 31.9 Å². The van der Waals surface area contributed by atoms with Gasteiger partial charge in [-0.3, -0.25) is 15.1 Å². The topological polar surface area (TPSA) is 142 Å². The van der Waals surface area contributed by atoms with E-state index >= 15 is 0 Å². The molecule has 5 heterocycles. The van der Waals surface area contributed by atoms with E-state index in [2.05, 4.69) is 48.7 Å². The minimum absolute atomic E-state index is 0.0766. The largest absolute Gasteiger partial charge is 0.336 e. The number of aromatic amines is 2. The smallest absolute Gasteiger partial charge is 0.161 e. The highest BCUT2D eigenvalue weighted by Gasteiger charge is 2.18. The molecule has 0 radical (unpaired) electrons. The monoisotopic (exact) mass is 632 g/mol. The number of nitrogens with zero attached hydrogens (tertiary/aromatic N) is 5. The van der Waals surface area contributed by atoms with Gasteiger partial charge in [-0.25, -0.2) is 22.8 Å². The van der Waals surface area contributed by atoms with Gasteiger partial charge in [-0.05, 0) is 65.6 Å². The van der Waals surface area contributed by atoms with Gasteiger partial charge in [0.2, 0.25) is 0 Å². The van der Waals surface area contributed by atoms with Crippen molar-refractivity contribution in [2.24, 2.45) is 0 Å². The first-order valence-electron chi connectivity index (χ1n) is 14.7. The summed E-state index contributed by atoms with van der Waals surface area (Å²) in [7, 11) is -3.20. The van der Waals surface area contributed by atoms with Crippen LogP contribution in [-0.2, 0) is 29.3 Å². The number of imidazole rings is 1. The van der Waals surface area contributed by atoms with Crippen molar-refractivity contribution in [3.8, 4) is 34.0 Å². The van der Waals surface area contributed by atoms with E-state index in [-0.39, 0.29) is 12.2 Å². The third-order valence-corrected chi connectivity index (χ3v) is 8.56. The van der Waals surface area contributed by atoms with Crippen molar-refractivity contribution in [1.29, 1.82) is 0 Å². The van der Waals surface area contributed by atoms with Gasteiger partial charge in [0, 0.05) is 49.1 Å². The van der Waals surface area contributed by atoms with Gasteiger partial charge in [0.1, 0.15) is 26.7 Å². The number of hydrogen-bond acceptors (Lipinski definition) is 8. The number of rotatable bonds is 10. The third kappa shape index (κ3) is 6.39. The minimum atomic E-state index is -3.20. The molecule has 0 spiro atoms. The maximum absolute atomic E-state index is 14.6. The van der Waals surface area contributed by atoms with Crippen molar-refractivity contribution in [2.75, 3.05) is 12.0 Å². The molecular formula is C34H29FN8O2S. The summed E-state index contributed by atoms with van der Waals surface area (Å²) < 4.78 is 38.0. The predicted octanol–water partition coefficient (Wildman–Crippen LogP) is 5.64. The molecule has 0 fully saturated rings. The second-order valence-electron chi connectivity index (χ2n) is 11.2. The van der Waals surface area contributed by atoms with Crippen LogP contribution < -0.4 is 5.32 Å². The lowest BCUT2D eigenvalue weighted by Crippen LogP contribution is -2.12. The molecule has 2 aromatic carbocycles. The van der Waals surface area contributed by atoms with Crippen molar-refractivity contribution < 1.29 is 12.8 Å². The lowest BCUT2D eigenvalue weighted by atomic mass is 10.0. The Morgan fingerprint density at radius 3 is 2.46 bits per heavy atom. The van der Waals surface area contributed by atoms with Crippen molar-refractivity contribution in [3.63, 3.8) is 0 Å². The summed E-state index contributed by atoms with van der Waals surface area (Å²) in [6.45, 7) is 1.42. The van der Waals surface area contributed by atoms with Crippen molar-refractivity contribution in [2.45, 2.75) is 19.5 Å². The molecule has 0 bridgehead atoms. The van der Waals surface area contributed by atoms with Gasteiger partial charge in [0.05, 0.1) is 28.2 Å². The quantitative estimate of drug-likeness (QED) is 0.176. The minimum Gasteiger partial charge on any atom is -0.336 e. The zero-order chi connectivity index (χ0) is 31.7. The molecule has 7 rings (SSSR count). The Morgan fingerprint density at radius 1 is 0.804 bits per heavy atom. The summed E-state index contributed by atoms with van der Waals surface area (Å²) in [6, 6.07) is 22.4. The van der Waals surface area contributed by atoms with E-state index in [1.165, 1.54) is 17.7 Å². The first kappa shape index (κ1) is 29.4. The molecule has 0 aliphatic heterocycles. The fourth-order valence-electron chi connectivity index (χ4n) is 5.39. The van der Waals surface area contributed by atoms with Gasteiger partial charge in [-0.2, -0.15) is 5.10 Å². The number of aryl methyl sites for hydroxylation is 1. The van der Waals surface area contributed by atoms with Crippen LogP contribution in [0.3, 0.4) is 0 Å². The van der Waals surface area contributed by atoms with Crippen LogP contribution in [0.15, 0.2) is 91.4 Å². The van der Waals surface area contributed by atoms with Crippen LogP contribution in [0.2, 0.25) is 0 Å². The zero-order valence-corrected chi connectivity index (χ0v) is 25.6. The fourth-order valence-corrected chi connectivity index (χ4v) is 6.00. The Balaban J connectivity index is 1.19. The van der Waals surface area contributed by atoms with E-state index in [0.717, 1.165) is 35.1 Å². The highest BCUT2D eigenvalue weighted by molar-refractivity contribution is 7.90. The summed E-state index contributed by atoms with van der Waals surface area (Å²) in [4.78, 5) is 22.0. The van der Waals surface area contributed by atoms with E-state index in [0.29, 0.717) is 51.4 Å². The van der Waals surface area contributed by atoms with Gasteiger partial charge >= 0.3 is 0 Å². The second-order valence-corrected chi connectivity index (χ2v) is 13.5. The molecular weight excluding hydrogens is 603 g/mol. The Bertz CT molecular complexity index is 2300. The highest BCUT2D eigenvalue weighted by Crippen LogP contribution is 2.31. The molecule has 12 heteroatoms. The van der Waals surface area contributed by atoms with Crippen molar-refractivity contribution in [1.82, 2.24) is 40.4 Å². The summed E-state index contributed by atoms with van der Waals surface area (Å²) >= 11 is 0. The van der Waals surface area contributed by atoms with Gasteiger partial charge in [0.15, 0.2) is 11.5 Å². The van der Waals surface area contributed by atoms with Gasteiger partial charge in [-0.1, -0.05) is 30.3 Å². The Labute approximate surface area is 264 Å². The van der Waals surface area contributed by atoms with E-state index in [9.17, 15) is 12.8 Å². The first-order chi connectivity index (χ1) is 22.3. The maximum Gasteiger partial charge on any atom is 0.161 e. The number of sulfone groups is 1. The highest BCUT2D eigenvalue weighted by atomic mass is 32.2. The van der Waals surface area contributed by atoms with Crippen molar-refractivity contribution in [3.05, 3.63) is 114 Å². The van der Waals surface area contributed by atoms with E-state index in [1.54, 1.807) is 24.5 Å². The molecule has 0 saturated heterocycles. The summed E-state index contributed by atoms with van der Waals surface area (Å²) in [6.07, 6.45) is 6.61. The van der Waals surface area contributed by atoms with Crippen LogP contribution in [0.5, 0.6) is 0 Å². The molecule has 0 atom stereocenters. The lowest BCUT2D eigenvalue weighted by Gasteiger charge is -2.07. The molecule has 7 aromatic rings. The molecule has 5 aromatic heterocycles.